The van der Waals surface area contributed by atoms with Crippen LogP contribution in [0.5, 0.6) is 5.75 Å². The summed E-state index contributed by atoms with van der Waals surface area (Å²) in [6, 6.07) is 16.0. The van der Waals surface area contributed by atoms with E-state index in [4.69, 9.17) is 9.47 Å². The van der Waals surface area contributed by atoms with Crippen LogP contribution in [0.3, 0.4) is 0 Å². The van der Waals surface area contributed by atoms with Gasteiger partial charge in [0.25, 0.3) is 0 Å². The van der Waals surface area contributed by atoms with Crippen molar-refractivity contribution >= 4 is 11.9 Å². The highest BCUT2D eigenvalue weighted by molar-refractivity contribution is 5.80. The summed E-state index contributed by atoms with van der Waals surface area (Å²) in [5.41, 5.74) is 1.57. The molecule has 1 N–H and O–H groups in total. The topological polar surface area (TPSA) is 72.8 Å². The lowest BCUT2D eigenvalue weighted by Gasteiger charge is -2.27. The van der Waals surface area contributed by atoms with Crippen molar-refractivity contribution in [3.8, 4) is 5.75 Å². The minimum Gasteiger partial charge on any atom is -0.508 e. The van der Waals surface area contributed by atoms with Crippen molar-refractivity contribution in [2.24, 2.45) is 11.8 Å². The Bertz CT molecular complexity index is 826. The van der Waals surface area contributed by atoms with E-state index in [-0.39, 0.29) is 30.7 Å². The van der Waals surface area contributed by atoms with Gasteiger partial charge in [0.15, 0.2) is 0 Å². The summed E-state index contributed by atoms with van der Waals surface area (Å²) < 4.78 is 11.1. The van der Waals surface area contributed by atoms with Crippen LogP contribution in [0.15, 0.2) is 54.6 Å². The molecular weight excluding hydrogens is 380 g/mol. The number of carbonyl (C=O) groups is 2. The Morgan fingerprint density at radius 1 is 0.967 bits per heavy atom. The third-order valence-electron chi connectivity index (χ3n) is 5.81. The third-order valence-corrected chi connectivity index (χ3v) is 5.81. The van der Waals surface area contributed by atoms with Gasteiger partial charge in [0, 0.05) is 6.42 Å². The van der Waals surface area contributed by atoms with Crippen molar-refractivity contribution in [1.29, 1.82) is 0 Å². The number of carbonyl (C=O) groups excluding carboxylic acids is 2. The number of phenols is 1. The van der Waals surface area contributed by atoms with E-state index in [1.54, 1.807) is 24.3 Å². The van der Waals surface area contributed by atoms with Crippen LogP contribution < -0.4 is 0 Å². The largest absolute Gasteiger partial charge is 0.508 e. The van der Waals surface area contributed by atoms with Gasteiger partial charge in [-0.2, -0.15) is 0 Å². The van der Waals surface area contributed by atoms with Crippen LogP contribution in [0.4, 0.5) is 0 Å². The molecule has 0 aliphatic heterocycles. The zero-order valence-electron chi connectivity index (χ0n) is 17.5. The number of benzene rings is 2. The maximum atomic E-state index is 12.8. The maximum absolute atomic E-state index is 12.8. The summed E-state index contributed by atoms with van der Waals surface area (Å²) in [5, 5.41) is 9.73. The monoisotopic (exact) mass is 410 g/mol. The van der Waals surface area contributed by atoms with Crippen molar-refractivity contribution in [3.63, 3.8) is 0 Å². The number of esters is 2. The fourth-order valence-corrected chi connectivity index (χ4v) is 3.97. The second-order valence-corrected chi connectivity index (χ2v) is 8.08. The SMILES string of the molecule is CC(C(=O)OC(Cc1cccc(O)c1)C(=O)OCc1ccccc1)C1CCCCC1. The van der Waals surface area contributed by atoms with E-state index < -0.39 is 12.1 Å². The molecule has 2 atom stereocenters. The van der Waals surface area contributed by atoms with Crippen LogP contribution in [0, 0.1) is 11.8 Å². The lowest BCUT2D eigenvalue weighted by atomic mass is 9.81. The van der Waals surface area contributed by atoms with E-state index in [1.165, 1.54) is 6.42 Å². The normalized spacial score (nSPS) is 16.4. The Kier molecular flexibility index (Phi) is 7.89. The highest BCUT2D eigenvalue weighted by Crippen LogP contribution is 2.31. The Hall–Kier alpha value is -2.82. The summed E-state index contributed by atoms with van der Waals surface area (Å²) >= 11 is 0. The number of ether oxygens (including phenoxy) is 2. The molecule has 1 fully saturated rings. The molecule has 30 heavy (non-hydrogen) atoms. The second kappa shape index (κ2) is 10.8. The first-order valence-corrected chi connectivity index (χ1v) is 10.7. The molecule has 160 valence electrons. The van der Waals surface area contributed by atoms with Gasteiger partial charge in [0.05, 0.1) is 5.92 Å². The molecule has 3 rings (SSSR count). The van der Waals surface area contributed by atoms with Crippen molar-refractivity contribution in [1.82, 2.24) is 0 Å². The first-order valence-electron chi connectivity index (χ1n) is 10.7. The number of hydrogen-bond acceptors (Lipinski definition) is 5. The Morgan fingerprint density at radius 2 is 1.67 bits per heavy atom. The van der Waals surface area contributed by atoms with Gasteiger partial charge in [0.1, 0.15) is 12.4 Å². The van der Waals surface area contributed by atoms with Gasteiger partial charge in [-0.25, -0.2) is 4.79 Å². The van der Waals surface area contributed by atoms with Crippen LogP contribution in [0.1, 0.15) is 50.2 Å². The zero-order valence-corrected chi connectivity index (χ0v) is 17.5. The Balaban J connectivity index is 1.67. The van der Waals surface area contributed by atoms with Crippen molar-refractivity contribution in [3.05, 3.63) is 65.7 Å². The number of aromatic hydroxyl groups is 1. The molecule has 0 heterocycles. The van der Waals surface area contributed by atoms with Crippen LogP contribution >= 0.6 is 0 Å². The predicted molar refractivity (Wildman–Crippen MR) is 114 cm³/mol. The van der Waals surface area contributed by atoms with Crippen molar-refractivity contribution < 1.29 is 24.2 Å². The van der Waals surface area contributed by atoms with Gasteiger partial charge in [-0.15, -0.1) is 0 Å². The van der Waals surface area contributed by atoms with Gasteiger partial charge in [-0.1, -0.05) is 68.7 Å². The summed E-state index contributed by atoms with van der Waals surface area (Å²) in [7, 11) is 0. The van der Waals surface area contributed by atoms with E-state index in [9.17, 15) is 14.7 Å². The van der Waals surface area contributed by atoms with Gasteiger partial charge < -0.3 is 14.6 Å². The van der Waals surface area contributed by atoms with E-state index >= 15 is 0 Å². The van der Waals surface area contributed by atoms with E-state index in [0.29, 0.717) is 11.5 Å². The fourth-order valence-electron chi connectivity index (χ4n) is 3.97. The highest BCUT2D eigenvalue weighted by atomic mass is 16.6. The second-order valence-electron chi connectivity index (χ2n) is 8.08. The summed E-state index contributed by atoms with van der Waals surface area (Å²) in [6.45, 7) is 2.00. The minimum absolute atomic E-state index is 0.103. The molecule has 2 unspecified atom stereocenters. The summed E-state index contributed by atoms with van der Waals surface area (Å²) in [4.78, 5) is 25.6. The predicted octanol–water partition coefficient (Wildman–Crippen LogP) is 4.81. The average molecular weight is 411 g/mol. The molecule has 0 bridgehead atoms. The number of hydrogen-bond donors (Lipinski definition) is 1. The van der Waals surface area contributed by atoms with Crippen LogP contribution in [0.25, 0.3) is 0 Å². The lowest BCUT2D eigenvalue weighted by Crippen LogP contribution is -2.35. The standard InChI is InChI=1S/C25H30O5/c1-18(21-12-6-3-7-13-21)24(27)30-23(16-20-11-8-14-22(26)15-20)25(28)29-17-19-9-4-2-5-10-19/h2,4-5,8-11,14-15,18,21,23,26H,3,6-7,12-13,16-17H2,1H3. The first kappa shape index (κ1) is 21.9. The Morgan fingerprint density at radius 3 is 2.37 bits per heavy atom. The van der Waals surface area contributed by atoms with Crippen LogP contribution in [-0.4, -0.2) is 23.1 Å². The molecule has 0 spiro atoms. The summed E-state index contributed by atoms with van der Waals surface area (Å²) in [5.74, 6) is -0.784. The molecule has 0 aromatic heterocycles. The molecule has 5 heteroatoms. The minimum atomic E-state index is -1.05. The highest BCUT2D eigenvalue weighted by Gasteiger charge is 2.31. The third kappa shape index (κ3) is 6.34. The molecule has 0 saturated heterocycles. The molecule has 1 aliphatic rings. The molecule has 2 aromatic rings. The van der Waals surface area contributed by atoms with Gasteiger partial charge >= 0.3 is 11.9 Å². The number of phenolic OH excluding ortho intramolecular Hbond substituents is 1. The smallest absolute Gasteiger partial charge is 0.348 e. The molecular formula is C25H30O5. The maximum Gasteiger partial charge on any atom is 0.348 e. The molecule has 2 aromatic carbocycles. The molecule has 1 saturated carbocycles. The fraction of sp³-hybridized carbons (Fsp3) is 0.440. The van der Waals surface area contributed by atoms with E-state index in [1.807, 2.05) is 37.3 Å². The quantitative estimate of drug-likeness (QED) is 0.633. The Labute approximate surface area is 178 Å². The number of rotatable bonds is 8. The first-order chi connectivity index (χ1) is 14.5. The van der Waals surface area contributed by atoms with Gasteiger partial charge in [-0.05, 0) is 42.0 Å². The van der Waals surface area contributed by atoms with Gasteiger partial charge in [0.2, 0.25) is 6.10 Å². The van der Waals surface area contributed by atoms with Crippen LogP contribution in [-0.2, 0) is 32.1 Å². The van der Waals surface area contributed by atoms with Crippen molar-refractivity contribution in [2.75, 3.05) is 0 Å². The lowest BCUT2D eigenvalue weighted by molar-refractivity contribution is -0.172. The van der Waals surface area contributed by atoms with Gasteiger partial charge in [-0.3, -0.25) is 4.79 Å². The zero-order chi connectivity index (χ0) is 21.3. The average Bonchev–Trinajstić information content (AvgIpc) is 2.77. The molecule has 0 amide bonds. The van der Waals surface area contributed by atoms with E-state index in [2.05, 4.69) is 0 Å². The molecule has 1 aliphatic carbocycles. The van der Waals surface area contributed by atoms with Crippen molar-refractivity contribution in [2.45, 2.75) is 58.2 Å². The molecule has 5 nitrogen and oxygen atoms in total. The molecule has 0 radical (unpaired) electrons. The van der Waals surface area contributed by atoms with Crippen LogP contribution in [0.2, 0.25) is 0 Å². The summed E-state index contributed by atoms with van der Waals surface area (Å²) in [6.07, 6.45) is 4.63. The van der Waals surface area contributed by atoms with E-state index in [0.717, 1.165) is 31.2 Å².